The van der Waals surface area contributed by atoms with E-state index in [-0.39, 0.29) is 0 Å². The molecule has 4 heteroatoms. The van der Waals surface area contributed by atoms with Crippen LogP contribution in [0.2, 0.25) is 0 Å². The standard InChI is InChI=1S/C25H33N3O.C2H6/c1-3-28-23-13-6-5-12-22(23)26-25(28)19-27-17-15-20(16-18-27)9-8-11-21-10-4-7-14-24(21)29-2;1-2/h4-7,10,12-14,20H,3,8-9,11,15-19H2,1-2H3;1-2H3. The third-order valence-electron chi connectivity index (χ3n) is 6.37. The maximum absolute atomic E-state index is 5.48. The van der Waals surface area contributed by atoms with Crippen molar-refractivity contribution in [3.8, 4) is 5.75 Å². The van der Waals surface area contributed by atoms with Crippen LogP contribution in [0, 0.1) is 5.92 Å². The first-order valence-electron chi connectivity index (χ1n) is 12.1. The van der Waals surface area contributed by atoms with E-state index in [9.17, 15) is 0 Å². The minimum absolute atomic E-state index is 0.853. The highest BCUT2D eigenvalue weighted by atomic mass is 16.5. The Morgan fingerprint density at radius 1 is 1.00 bits per heavy atom. The summed E-state index contributed by atoms with van der Waals surface area (Å²) in [6.07, 6.45) is 6.29. The minimum atomic E-state index is 0.853. The van der Waals surface area contributed by atoms with Gasteiger partial charge in [0.2, 0.25) is 0 Å². The summed E-state index contributed by atoms with van der Waals surface area (Å²) in [5, 5.41) is 0. The first-order chi connectivity index (χ1) is 15.3. The normalized spacial score (nSPS) is 15.0. The number of likely N-dealkylation sites (tertiary alicyclic amines) is 1. The number of hydrogen-bond acceptors (Lipinski definition) is 3. The molecule has 1 fully saturated rings. The third kappa shape index (κ3) is 5.88. The molecule has 0 saturated carbocycles. The molecule has 2 heterocycles. The zero-order valence-electron chi connectivity index (χ0n) is 19.8. The van der Waals surface area contributed by atoms with Crippen LogP contribution in [0.4, 0.5) is 0 Å². The fraction of sp³-hybridized carbons (Fsp3) is 0.519. The molecule has 0 atom stereocenters. The number of ether oxygens (including phenoxy) is 1. The number of piperidine rings is 1. The van der Waals surface area contributed by atoms with Gasteiger partial charge in [-0.3, -0.25) is 4.90 Å². The molecule has 0 bridgehead atoms. The first kappa shape index (κ1) is 23.3. The maximum Gasteiger partial charge on any atom is 0.124 e. The topological polar surface area (TPSA) is 30.3 Å². The van der Waals surface area contributed by atoms with Gasteiger partial charge in [0, 0.05) is 6.54 Å². The van der Waals surface area contributed by atoms with E-state index in [0.717, 1.165) is 36.7 Å². The van der Waals surface area contributed by atoms with E-state index in [1.807, 2.05) is 19.9 Å². The molecule has 2 aromatic carbocycles. The number of aromatic nitrogens is 2. The van der Waals surface area contributed by atoms with Crippen molar-refractivity contribution in [2.45, 2.75) is 66.0 Å². The molecule has 0 N–H and O–H groups in total. The predicted molar refractivity (Wildman–Crippen MR) is 131 cm³/mol. The first-order valence-corrected chi connectivity index (χ1v) is 12.1. The van der Waals surface area contributed by atoms with Gasteiger partial charge in [-0.05, 0) is 75.4 Å². The number of imidazole rings is 1. The Kier molecular flexibility index (Phi) is 8.96. The summed E-state index contributed by atoms with van der Waals surface area (Å²) < 4.78 is 7.85. The van der Waals surface area contributed by atoms with Gasteiger partial charge in [-0.15, -0.1) is 0 Å². The van der Waals surface area contributed by atoms with E-state index >= 15 is 0 Å². The van der Waals surface area contributed by atoms with Crippen molar-refractivity contribution in [1.29, 1.82) is 0 Å². The number of nitrogens with zero attached hydrogens (tertiary/aromatic N) is 3. The van der Waals surface area contributed by atoms with Crippen LogP contribution in [0.1, 0.15) is 57.8 Å². The Hall–Kier alpha value is -2.33. The number of rotatable bonds is 8. The maximum atomic E-state index is 5.48. The number of fused-ring (bicyclic) bond motifs is 1. The van der Waals surface area contributed by atoms with Gasteiger partial charge in [0.05, 0.1) is 24.7 Å². The van der Waals surface area contributed by atoms with Gasteiger partial charge < -0.3 is 9.30 Å². The smallest absolute Gasteiger partial charge is 0.124 e. The van der Waals surface area contributed by atoms with Gasteiger partial charge in [-0.25, -0.2) is 4.98 Å². The van der Waals surface area contributed by atoms with Crippen molar-refractivity contribution < 1.29 is 4.74 Å². The lowest BCUT2D eigenvalue weighted by molar-refractivity contribution is 0.166. The molecule has 1 aliphatic rings. The molecule has 4 rings (SSSR count). The fourth-order valence-electron chi connectivity index (χ4n) is 4.72. The van der Waals surface area contributed by atoms with Gasteiger partial charge in [-0.2, -0.15) is 0 Å². The van der Waals surface area contributed by atoms with Crippen molar-refractivity contribution in [1.82, 2.24) is 14.5 Å². The number of methoxy groups -OCH3 is 1. The average Bonchev–Trinajstić information content (AvgIpc) is 3.18. The van der Waals surface area contributed by atoms with Crippen LogP contribution in [-0.4, -0.2) is 34.7 Å². The quantitative estimate of drug-likeness (QED) is 0.426. The lowest BCUT2D eigenvalue weighted by Crippen LogP contribution is -2.34. The Morgan fingerprint density at radius 3 is 2.45 bits per heavy atom. The highest BCUT2D eigenvalue weighted by Gasteiger charge is 2.21. The molecule has 0 radical (unpaired) electrons. The molecule has 31 heavy (non-hydrogen) atoms. The van der Waals surface area contributed by atoms with Crippen LogP contribution in [0.3, 0.4) is 0 Å². The molecule has 0 amide bonds. The van der Waals surface area contributed by atoms with Gasteiger partial charge >= 0.3 is 0 Å². The molecule has 0 spiro atoms. The molecule has 4 nitrogen and oxygen atoms in total. The third-order valence-corrected chi connectivity index (χ3v) is 6.37. The number of para-hydroxylation sites is 3. The summed E-state index contributed by atoms with van der Waals surface area (Å²) in [5.41, 5.74) is 3.72. The van der Waals surface area contributed by atoms with Crippen molar-refractivity contribution in [3.63, 3.8) is 0 Å². The molecular formula is C27H39N3O. The van der Waals surface area contributed by atoms with Crippen molar-refractivity contribution in [3.05, 3.63) is 59.9 Å². The highest BCUT2D eigenvalue weighted by molar-refractivity contribution is 5.75. The zero-order chi connectivity index (χ0) is 22.1. The Balaban J connectivity index is 0.00000132. The highest BCUT2D eigenvalue weighted by Crippen LogP contribution is 2.26. The summed E-state index contributed by atoms with van der Waals surface area (Å²) in [6, 6.07) is 16.9. The van der Waals surface area contributed by atoms with Crippen LogP contribution in [0.15, 0.2) is 48.5 Å². The number of hydrogen-bond donors (Lipinski definition) is 0. The largest absolute Gasteiger partial charge is 0.496 e. The van der Waals surface area contributed by atoms with E-state index in [4.69, 9.17) is 9.72 Å². The van der Waals surface area contributed by atoms with Gasteiger partial charge in [0.1, 0.15) is 11.6 Å². The number of benzene rings is 2. The van der Waals surface area contributed by atoms with Crippen LogP contribution in [0.5, 0.6) is 5.75 Å². The van der Waals surface area contributed by atoms with Crippen molar-refractivity contribution in [2.24, 2.45) is 5.92 Å². The van der Waals surface area contributed by atoms with Crippen LogP contribution in [0.25, 0.3) is 11.0 Å². The van der Waals surface area contributed by atoms with Gasteiger partial charge in [-0.1, -0.05) is 50.6 Å². The van der Waals surface area contributed by atoms with E-state index in [1.165, 1.54) is 55.7 Å². The summed E-state index contributed by atoms with van der Waals surface area (Å²) in [5.74, 6) is 3.09. The second-order valence-corrected chi connectivity index (χ2v) is 8.18. The lowest BCUT2D eigenvalue weighted by Gasteiger charge is -2.31. The van der Waals surface area contributed by atoms with Crippen LogP contribution < -0.4 is 4.74 Å². The van der Waals surface area contributed by atoms with E-state index in [1.54, 1.807) is 7.11 Å². The molecule has 1 aliphatic heterocycles. The average molecular weight is 422 g/mol. The van der Waals surface area contributed by atoms with Crippen LogP contribution in [-0.2, 0) is 19.5 Å². The van der Waals surface area contributed by atoms with E-state index < -0.39 is 0 Å². The molecule has 1 aromatic heterocycles. The lowest BCUT2D eigenvalue weighted by atomic mass is 9.90. The van der Waals surface area contributed by atoms with Crippen molar-refractivity contribution >= 4 is 11.0 Å². The SMILES string of the molecule is CC.CCn1c(CN2CCC(CCCc3ccccc3OC)CC2)nc2ccccc21. The van der Waals surface area contributed by atoms with Crippen molar-refractivity contribution in [2.75, 3.05) is 20.2 Å². The fourth-order valence-corrected chi connectivity index (χ4v) is 4.72. The predicted octanol–water partition coefficient (Wildman–Crippen LogP) is 6.33. The Labute approximate surface area is 188 Å². The zero-order valence-corrected chi connectivity index (χ0v) is 19.8. The Bertz CT molecular complexity index is 925. The molecule has 3 aromatic rings. The van der Waals surface area contributed by atoms with Crippen LogP contribution >= 0.6 is 0 Å². The summed E-state index contributed by atoms with van der Waals surface area (Å²) in [6.45, 7) is 10.5. The van der Waals surface area contributed by atoms with E-state index in [0.29, 0.717) is 0 Å². The second-order valence-electron chi connectivity index (χ2n) is 8.18. The molecule has 168 valence electrons. The summed E-state index contributed by atoms with van der Waals surface area (Å²) in [4.78, 5) is 7.49. The van der Waals surface area contributed by atoms with E-state index in [2.05, 4.69) is 58.9 Å². The Morgan fingerprint density at radius 2 is 1.71 bits per heavy atom. The molecule has 0 unspecified atom stereocenters. The van der Waals surface area contributed by atoms with Gasteiger partial charge in [0.15, 0.2) is 0 Å². The molecular weight excluding hydrogens is 382 g/mol. The number of aryl methyl sites for hydroxylation is 2. The van der Waals surface area contributed by atoms with Gasteiger partial charge in [0.25, 0.3) is 0 Å². The second kappa shape index (κ2) is 11.9. The monoisotopic (exact) mass is 421 g/mol. The summed E-state index contributed by atoms with van der Waals surface area (Å²) in [7, 11) is 1.77. The summed E-state index contributed by atoms with van der Waals surface area (Å²) >= 11 is 0. The molecule has 1 saturated heterocycles. The molecule has 0 aliphatic carbocycles. The minimum Gasteiger partial charge on any atom is -0.496 e.